The van der Waals surface area contributed by atoms with Gasteiger partial charge in [0.2, 0.25) is 17.7 Å². The molecule has 2 aliphatic rings. The molecule has 7 nitrogen and oxygen atoms in total. The minimum atomic E-state index is -0.243. The summed E-state index contributed by atoms with van der Waals surface area (Å²) in [7, 11) is 0. The number of likely N-dealkylation sites (tertiary alicyclic amines) is 1. The molecule has 0 atom stereocenters. The van der Waals surface area contributed by atoms with Crippen molar-refractivity contribution < 1.29 is 14.4 Å². The maximum atomic E-state index is 12.5. The van der Waals surface area contributed by atoms with E-state index in [1.165, 1.54) is 15.8 Å². The van der Waals surface area contributed by atoms with Crippen molar-refractivity contribution in [3.05, 3.63) is 23.3 Å². The molecule has 0 spiro atoms. The molecular formula is C19H22N4O3S. The van der Waals surface area contributed by atoms with Gasteiger partial charge in [-0.25, -0.2) is 4.98 Å². The zero-order valence-electron chi connectivity index (χ0n) is 15.5. The molecule has 2 saturated heterocycles. The van der Waals surface area contributed by atoms with Gasteiger partial charge >= 0.3 is 0 Å². The van der Waals surface area contributed by atoms with E-state index >= 15 is 0 Å². The minimum Gasteiger partial charge on any atom is -0.345 e. The number of aryl methyl sites for hydroxylation is 2. The van der Waals surface area contributed by atoms with Gasteiger partial charge in [-0.2, -0.15) is 0 Å². The van der Waals surface area contributed by atoms with Crippen molar-refractivity contribution >= 4 is 44.4 Å². The van der Waals surface area contributed by atoms with Gasteiger partial charge in [-0.1, -0.05) is 17.4 Å². The predicted octanol–water partition coefficient (Wildman–Crippen LogP) is 1.71. The van der Waals surface area contributed by atoms with Gasteiger partial charge in [0.05, 0.1) is 10.2 Å². The molecule has 0 N–H and O–H groups in total. The summed E-state index contributed by atoms with van der Waals surface area (Å²) >= 11 is 1.68. The largest absolute Gasteiger partial charge is 0.345 e. The highest BCUT2D eigenvalue weighted by molar-refractivity contribution is 7.22. The Morgan fingerprint density at radius 3 is 2.41 bits per heavy atom. The molecule has 4 rings (SSSR count). The molecular weight excluding hydrogens is 364 g/mol. The fourth-order valence-electron chi connectivity index (χ4n) is 3.68. The summed E-state index contributed by atoms with van der Waals surface area (Å²) in [6.45, 7) is 6.59. The lowest BCUT2D eigenvalue weighted by Gasteiger charge is -2.35. The number of nitrogens with zero attached hydrogens (tertiary/aromatic N) is 4. The Morgan fingerprint density at radius 1 is 1.07 bits per heavy atom. The Morgan fingerprint density at radius 2 is 1.74 bits per heavy atom. The molecule has 3 heterocycles. The maximum Gasteiger partial charge on any atom is 0.242 e. The van der Waals surface area contributed by atoms with Crippen LogP contribution in [-0.2, 0) is 14.4 Å². The van der Waals surface area contributed by atoms with E-state index in [1.807, 2.05) is 0 Å². The van der Waals surface area contributed by atoms with Crippen LogP contribution in [0.25, 0.3) is 10.2 Å². The molecule has 0 saturated carbocycles. The van der Waals surface area contributed by atoms with Crippen molar-refractivity contribution in [1.29, 1.82) is 0 Å². The van der Waals surface area contributed by atoms with Gasteiger partial charge in [0, 0.05) is 39.0 Å². The van der Waals surface area contributed by atoms with E-state index in [4.69, 9.17) is 4.98 Å². The fraction of sp³-hybridized carbons (Fsp3) is 0.474. The first-order valence-electron chi connectivity index (χ1n) is 9.16. The Balaban J connectivity index is 1.40. The Bertz CT molecular complexity index is 914. The number of rotatable bonds is 3. The summed E-state index contributed by atoms with van der Waals surface area (Å²) in [5, 5.41) is 0.982. The van der Waals surface area contributed by atoms with Crippen molar-refractivity contribution in [2.24, 2.45) is 0 Å². The highest BCUT2D eigenvalue weighted by atomic mass is 32.1. The molecule has 1 aromatic carbocycles. The number of carbonyl (C=O) groups excluding carboxylic acids is 3. The molecule has 1 aromatic heterocycles. The number of hydrogen-bond acceptors (Lipinski definition) is 6. The summed E-state index contributed by atoms with van der Waals surface area (Å²) in [5.74, 6) is -0.645. The normalized spacial score (nSPS) is 18.1. The first-order valence-corrected chi connectivity index (χ1v) is 9.98. The lowest BCUT2D eigenvalue weighted by molar-refractivity contribution is -0.145. The minimum absolute atomic E-state index is 0.128. The Hall–Kier alpha value is -2.48. The van der Waals surface area contributed by atoms with E-state index in [0.717, 1.165) is 15.5 Å². The summed E-state index contributed by atoms with van der Waals surface area (Å²) in [5.41, 5.74) is 3.46. The van der Waals surface area contributed by atoms with Crippen molar-refractivity contribution in [2.75, 3.05) is 37.6 Å². The number of anilines is 1. The van der Waals surface area contributed by atoms with E-state index in [9.17, 15) is 14.4 Å². The number of fused-ring (bicyclic) bond motifs is 1. The molecule has 2 fully saturated rings. The molecule has 2 aliphatic heterocycles. The first kappa shape index (κ1) is 17.9. The lowest BCUT2D eigenvalue weighted by Crippen LogP contribution is -2.51. The van der Waals surface area contributed by atoms with E-state index in [1.54, 1.807) is 16.2 Å². The van der Waals surface area contributed by atoms with Crippen LogP contribution in [0.2, 0.25) is 0 Å². The zero-order chi connectivity index (χ0) is 19.1. The van der Waals surface area contributed by atoms with Gasteiger partial charge in [-0.05, 0) is 31.0 Å². The number of piperazine rings is 1. The van der Waals surface area contributed by atoms with Crippen molar-refractivity contribution in [3.8, 4) is 0 Å². The van der Waals surface area contributed by atoms with Crippen LogP contribution in [0.4, 0.5) is 5.13 Å². The average Bonchev–Trinajstić information content (AvgIpc) is 3.20. The highest BCUT2D eigenvalue weighted by Gasteiger charge is 2.32. The number of aromatic nitrogens is 1. The number of benzene rings is 1. The van der Waals surface area contributed by atoms with Crippen LogP contribution < -0.4 is 4.90 Å². The number of carbonyl (C=O) groups is 3. The molecule has 0 bridgehead atoms. The Labute approximate surface area is 161 Å². The molecule has 0 radical (unpaired) electrons. The summed E-state index contributed by atoms with van der Waals surface area (Å²) < 4.78 is 1.19. The third kappa shape index (κ3) is 3.41. The molecule has 0 aliphatic carbocycles. The van der Waals surface area contributed by atoms with Crippen molar-refractivity contribution in [2.45, 2.75) is 26.7 Å². The second-order valence-electron chi connectivity index (χ2n) is 7.17. The van der Waals surface area contributed by atoms with Crippen LogP contribution >= 0.6 is 11.3 Å². The van der Waals surface area contributed by atoms with Gasteiger partial charge < -0.3 is 9.80 Å². The standard InChI is InChI=1S/C19H22N4O3S/c1-12-9-13(2)18-14(10-12)27-19(20-18)22-7-5-21(6-8-22)17(26)11-23-15(24)3-4-16(23)25/h9-10H,3-8,11H2,1-2H3. The number of amides is 3. The van der Waals surface area contributed by atoms with Gasteiger partial charge in [-0.15, -0.1) is 0 Å². The monoisotopic (exact) mass is 386 g/mol. The fourth-order valence-corrected chi connectivity index (χ4v) is 4.87. The first-order chi connectivity index (χ1) is 12.9. The maximum absolute atomic E-state index is 12.5. The van der Waals surface area contributed by atoms with Gasteiger partial charge in [0.15, 0.2) is 5.13 Å². The van der Waals surface area contributed by atoms with Crippen molar-refractivity contribution in [1.82, 2.24) is 14.8 Å². The number of imide groups is 1. The third-order valence-electron chi connectivity index (χ3n) is 5.17. The van der Waals surface area contributed by atoms with Crippen molar-refractivity contribution in [3.63, 3.8) is 0 Å². The average molecular weight is 386 g/mol. The van der Waals surface area contributed by atoms with E-state index < -0.39 is 0 Å². The van der Waals surface area contributed by atoms with Crippen LogP contribution in [0.1, 0.15) is 24.0 Å². The summed E-state index contributed by atoms with van der Waals surface area (Å²) in [6.07, 6.45) is 0.437. The third-order valence-corrected chi connectivity index (χ3v) is 6.23. The van der Waals surface area contributed by atoms with Gasteiger partial charge in [0.25, 0.3) is 0 Å². The molecule has 2 aromatic rings. The summed E-state index contributed by atoms with van der Waals surface area (Å²) in [6, 6.07) is 4.30. The second-order valence-corrected chi connectivity index (χ2v) is 8.18. The van der Waals surface area contributed by atoms with Crippen LogP contribution in [0.5, 0.6) is 0 Å². The number of hydrogen-bond donors (Lipinski definition) is 0. The molecule has 8 heteroatoms. The molecule has 0 unspecified atom stereocenters. The predicted molar refractivity (Wildman–Crippen MR) is 104 cm³/mol. The molecule has 3 amide bonds. The van der Waals surface area contributed by atoms with Crippen LogP contribution in [0, 0.1) is 13.8 Å². The molecule has 142 valence electrons. The van der Waals surface area contributed by atoms with E-state index in [2.05, 4.69) is 30.9 Å². The lowest BCUT2D eigenvalue weighted by atomic mass is 10.1. The highest BCUT2D eigenvalue weighted by Crippen LogP contribution is 2.32. The smallest absolute Gasteiger partial charge is 0.242 e. The zero-order valence-corrected chi connectivity index (χ0v) is 16.3. The van der Waals surface area contributed by atoms with Gasteiger partial charge in [-0.3, -0.25) is 19.3 Å². The quantitative estimate of drug-likeness (QED) is 0.751. The number of thiazole rings is 1. The van der Waals surface area contributed by atoms with E-state index in [0.29, 0.717) is 26.2 Å². The Kier molecular flexibility index (Phi) is 4.59. The van der Waals surface area contributed by atoms with Crippen LogP contribution in [0.3, 0.4) is 0 Å². The van der Waals surface area contributed by atoms with Gasteiger partial charge in [0.1, 0.15) is 6.54 Å². The van der Waals surface area contributed by atoms with Crippen LogP contribution in [-0.4, -0.2) is 65.2 Å². The SMILES string of the molecule is Cc1cc(C)c2nc(N3CCN(C(=O)CN4C(=O)CCC4=O)CC3)sc2c1. The second kappa shape index (κ2) is 6.92. The summed E-state index contributed by atoms with van der Waals surface area (Å²) in [4.78, 5) is 45.7. The van der Waals surface area contributed by atoms with E-state index in [-0.39, 0.29) is 37.1 Å². The topological polar surface area (TPSA) is 73.8 Å². The van der Waals surface area contributed by atoms with Crippen LogP contribution in [0.15, 0.2) is 12.1 Å². The molecule has 27 heavy (non-hydrogen) atoms.